The van der Waals surface area contributed by atoms with Crippen LogP contribution in [0.5, 0.6) is 0 Å². The molecule has 0 N–H and O–H groups in total. The minimum absolute atomic E-state index is 0.0238. The molecule has 1 aromatic heterocycles. The number of nitrogens with zero attached hydrogens (tertiary/aromatic N) is 2. The van der Waals surface area contributed by atoms with Gasteiger partial charge in [-0.15, -0.1) is 0 Å². The van der Waals surface area contributed by atoms with E-state index in [1.807, 2.05) is 6.07 Å². The molecule has 3 heteroatoms. The Morgan fingerprint density at radius 3 is 3.00 bits per heavy atom. The molecule has 0 spiro atoms. The summed E-state index contributed by atoms with van der Waals surface area (Å²) in [5, 5.41) is 10.1. The molecule has 0 saturated heterocycles. The number of hydrogen-bond acceptors (Lipinski definition) is 2. The van der Waals surface area contributed by atoms with Crippen LogP contribution in [0.25, 0.3) is 0 Å². The second-order valence-electron chi connectivity index (χ2n) is 2.01. The van der Waals surface area contributed by atoms with E-state index in [9.17, 15) is 5.11 Å². The van der Waals surface area contributed by atoms with Gasteiger partial charge < -0.3 is 0 Å². The second-order valence-corrected chi connectivity index (χ2v) is 2.01. The molecule has 0 aromatic carbocycles. The van der Waals surface area contributed by atoms with Crippen LogP contribution in [-0.4, -0.2) is 16.6 Å². The predicted molar refractivity (Wildman–Crippen MR) is 35.9 cm³/mol. The number of aromatic nitrogens is 2. The third-order valence-corrected chi connectivity index (χ3v) is 1.22. The molecule has 0 unspecified atom stereocenters. The molecule has 0 aliphatic heterocycles. The zero-order chi connectivity index (χ0) is 7.23. The maximum atomic E-state index is 10.1. The standard InChI is InChI=1S/C7H9N2O/c10-5-1-2-7-3-4-8-6-9-7/h3-4,6H,1-2,5H2. The second kappa shape index (κ2) is 3.95. The van der Waals surface area contributed by atoms with E-state index in [0.29, 0.717) is 6.42 Å². The first-order chi connectivity index (χ1) is 4.93. The molecule has 1 heterocycles. The van der Waals surface area contributed by atoms with Gasteiger partial charge in [0.2, 0.25) is 0 Å². The highest BCUT2D eigenvalue weighted by Crippen LogP contribution is 1.94. The van der Waals surface area contributed by atoms with Crippen LogP contribution in [0.3, 0.4) is 0 Å². The fraction of sp³-hybridized carbons (Fsp3) is 0.429. The fourth-order valence-corrected chi connectivity index (χ4v) is 0.719. The predicted octanol–water partition coefficient (Wildman–Crippen LogP) is 0.840. The Hall–Kier alpha value is -0.960. The van der Waals surface area contributed by atoms with Crippen LogP contribution in [0.2, 0.25) is 0 Å². The van der Waals surface area contributed by atoms with Crippen LogP contribution >= 0.6 is 0 Å². The van der Waals surface area contributed by atoms with Crippen LogP contribution in [-0.2, 0) is 11.5 Å². The molecule has 1 rings (SSSR count). The summed E-state index contributed by atoms with van der Waals surface area (Å²) in [5.41, 5.74) is 0.950. The van der Waals surface area contributed by atoms with Crippen LogP contribution in [0.4, 0.5) is 0 Å². The Morgan fingerprint density at radius 2 is 2.40 bits per heavy atom. The van der Waals surface area contributed by atoms with Gasteiger partial charge in [0.05, 0.1) is 6.61 Å². The summed E-state index contributed by atoms with van der Waals surface area (Å²) >= 11 is 0. The van der Waals surface area contributed by atoms with E-state index in [-0.39, 0.29) is 6.61 Å². The fourth-order valence-electron chi connectivity index (χ4n) is 0.719. The molecule has 3 nitrogen and oxygen atoms in total. The van der Waals surface area contributed by atoms with E-state index in [0.717, 1.165) is 12.1 Å². The van der Waals surface area contributed by atoms with Crippen molar-refractivity contribution in [2.45, 2.75) is 12.8 Å². The van der Waals surface area contributed by atoms with Gasteiger partial charge in [-0.1, -0.05) is 0 Å². The molecule has 1 aromatic rings. The van der Waals surface area contributed by atoms with Crippen molar-refractivity contribution in [1.82, 2.24) is 9.97 Å². The minimum Gasteiger partial charge on any atom is -0.245 e. The quantitative estimate of drug-likeness (QED) is 0.619. The van der Waals surface area contributed by atoms with Crippen molar-refractivity contribution in [3.63, 3.8) is 0 Å². The summed E-state index contributed by atoms with van der Waals surface area (Å²) in [7, 11) is 0. The van der Waals surface area contributed by atoms with Gasteiger partial charge in [0.1, 0.15) is 6.33 Å². The Bertz CT molecular complexity index is 176. The maximum Gasteiger partial charge on any atom is 0.115 e. The lowest BCUT2D eigenvalue weighted by Crippen LogP contribution is -1.91. The molecule has 0 saturated carbocycles. The van der Waals surface area contributed by atoms with E-state index >= 15 is 0 Å². The van der Waals surface area contributed by atoms with Gasteiger partial charge in [0.25, 0.3) is 0 Å². The lowest BCUT2D eigenvalue weighted by atomic mass is 10.2. The van der Waals surface area contributed by atoms with E-state index in [1.54, 1.807) is 6.20 Å². The molecule has 53 valence electrons. The summed E-state index contributed by atoms with van der Waals surface area (Å²) in [6.45, 7) is -0.0238. The van der Waals surface area contributed by atoms with Gasteiger partial charge in [0, 0.05) is 11.9 Å². The summed E-state index contributed by atoms with van der Waals surface area (Å²) < 4.78 is 0. The summed E-state index contributed by atoms with van der Waals surface area (Å²) in [5.74, 6) is 0. The first-order valence-electron chi connectivity index (χ1n) is 3.26. The van der Waals surface area contributed by atoms with Gasteiger partial charge in [-0.3, -0.25) is 0 Å². The van der Waals surface area contributed by atoms with Crippen molar-refractivity contribution in [3.8, 4) is 0 Å². The summed E-state index contributed by atoms with van der Waals surface area (Å²) in [6.07, 6.45) is 4.62. The average Bonchev–Trinajstić information content (AvgIpc) is 2.03. The third-order valence-electron chi connectivity index (χ3n) is 1.22. The van der Waals surface area contributed by atoms with Crippen molar-refractivity contribution < 1.29 is 5.11 Å². The Labute approximate surface area is 59.8 Å². The maximum absolute atomic E-state index is 10.1. The minimum atomic E-state index is -0.0238. The van der Waals surface area contributed by atoms with Crippen LogP contribution in [0.1, 0.15) is 12.1 Å². The van der Waals surface area contributed by atoms with Gasteiger partial charge in [-0.2, -0.15) is 0 Å². The van der Waals surface area contributed by atoms with Crippen molar-refractivity contribution in [1.29, 1.82) is 0 Å². The number of aryl methyl sites for hydroxylation is 1. The zero-order valence-corrected chi connectivity index (χ0v) is 5.66. The smallest absolute Gasteiger partial charge is 0.115 e. The molecular formula is C7H9N2O. The van der Waals surface area contributed by atoms with Crippen molar-refractivity contribution in [2.75, 3.05) is 6.61 Å². The molecule has 0 aliphatic carbocycles. The average molecular weight is 137 g/mol. The molecule has 10 heavy (non-hydrogen) atoms. The van der Waals surface area contributed by atoms with Gasteiger partial charge in [-0.05, 0) is 18.9 Å². The largest absolute Gasteiger partial charge is 0.245 e. The normalized spacial score (nSPS) is 9.70. The van der Waals surface area contributed by atoms with E-state index < -0.39 is 0 Å². The zero-order valence-electron chi connectivity index (χ0n) is 5.66. The van der Waals surface area contributed by atoms with Gasteiger partial charge >= 0.3 is 0 Å². The van der Waals surface area contributed by atoms with Crippen molar-refractivity contribution in [3.05, 3.63) is 24.3 Å². The van der Waals surface area contributed by atoms with Crippen molar-refractivity contribution >= 4 is 0 Å². The van der Waals surface area contributed by atoms with E-state index in [1.165, 1.54) is 6.33 Å². The highest BCUT2D eigenvalue weighted by Gasteiger charge is 1.90. The number of hydrogen-bond donors (Lipinski definition) is 0. The molecule has 0 atom stereocenters. The third kappa shape index (κ3) is 2.11. The lowest BCUT2D eigenvalue weighted by molar-refractivity contribution is 0.189. The summed E-state index contributed by atoms with van der Waals surface area (Å²) in [4.78, 5) is 7.73. The van der Waals surface area contributed by atoms with Crippen LogP contribution < -0.4 is 0 Å². The monoisotopic (exact) mass is 137 g/mol. The van der Waals surface area contributed by atoms with Gasteiger partial charge in [0.15, 0.2) is 0 Å². The first-order valence-corrected chi connectivity index (χ1v) is 3.26. The topological polar surface area (TPSA) is 45.7 Å². The highest BCUT2D eigenvalue weighted by atomic mass is 16.2. The molecule has 0 aliphatic rings. The van der Waals surface area contributed by atoms with E-state index in [4.69, 9.17) is 0 Å². The molecule has 0 amide bonds. The Balaban J connectivity index is 2.43. The van der Waals surface area contributed by atoms with Crippen molar-refractivity contribution in [2.24, 2.45) is 0 Å². The van der Waals surface area contributed by atoms with Crippen LogP contribution in [0, 0.1) is 0 Å². The van der Waals surface area contributed by atoms with Gasteiger partial charge in [-0.25, -0.2) is 15.1 Å². The summed E-state index contributed by atoms with van der Waals surface area (Å²) in [6, 6.07) is 1.83. The Kier molecular flexibility index (Phi) is 2.83. The lowest BCUT2D eigenvalue weighted by Gasteiger charge is -1.93. The van der Waals surface area contributed by atoms with Crippen LogP contribution in [0.15, 0.2) is 18.6 Å². The molecular weight excluding hydrogens is 128 g/mol. The molecule has 0 bridgehead atoms. The highest BCUT2D eigenvalue weighted by molar-refractivity contribution is 4.97. The molecule has 0 fully saturated rings. The van der Waals surface area contributed by atoms with E-state index in [2.05, 4.69) is 9.97 Å². The SMILES string of the molecule is [O]CCCc1ccncn1. The number of rotatable bonds is 3. The molecule has 1 radical (unpaired) electrons. The first kappa shape index (κ1) is 7.15. The Morgan fingerprint density at radius 1 is 1.50 bits per heavy atom.